The molecule has 1 nitrogen and oxygen atoms in total. The third-order valence-corrected chi connectivity index (χ3v) is 3.45. The van der Waals surface area contributed by atoms with Gasteiger partial charge >= 0.3 is 0 Å². The SMILES string of the molecule is CSc1cc(Cl)cc(CC2(O)CC2)c1. The van der Waals surface area contributed by atoms with Crippen molar-refractivity contribution in [2.75, 3.05) is 6.26 Å². The highest BCUT2D eigenvalue weighted by molar-refractivity contribution is 7.98. The lowest BCUT2D eigenvalue weighted by molar-refractivity contribution is 0.151. The molecule has 0 bridgehead atoms. The second kappa shape index (κ2) is 3.76. The number of hydrogen-bond donors (Lipinski definition) is 1. The standard InChI is InChI=1S/C11H13ClOS/c1-14-10-5-8(4-9(12)6-10)7-11(13)2-3-11/h4-6,13H,2-3,7H2,1H3. The van der Waals surface area contributed by atoms with Gasteiger partial charge in [0.25, 0.3) is 0 Å². The molecule has 1 saturated carbocycles. The van der Waals surface area contributed by atoms with E-state index in [0.29, 0.717) is 0 Å². The number of halogens is 1. The Morgan fingerprint density at radius 2 is 2.14 bits per heavy atom. The van der Waals surface area contributed by atoms with Crippen LogP contribution in [0.2, 0.25) is 5.02 Å². The Bertz CT molecular complexity index is 347. The molecule has 0 heterocycles. The zero-order valence-electron chi connectivity index (χ0n) is 8.09. The van der Waals surface area contributed by atoms with Crippen LogP contribution in [-0.4, -0.2) is 17.0 Å². The lowest BCUT2D eigenvalue weighted by atomic mass is 10.1. The number of hydrogen-bond acceptors (Lipinski definition) is 2. The van der Waals surface area contributed by atoms with Crippen LogP contribution < -0.4 is 0 Å². The van der Waals surface area contributed by atoms with Crippen molar-refractivity contribution in [3.8, 4) is 0 Å². The number of rotatable bonds is 3. The molecule has 0 aromatic heterocycles. The van der Waals surface area contributed by atoms with E-state index in [1.165, 1.54) is 0 Å². The Balaban J connectivity index is 2.20. The summed E-state index contributed by atoms with van der Waals surface area (Å²) in [6, 6.07) is 6.00. The van der Waals surface area contributed by atoms with Gasteiger partial charge in [-0.2, -0.15) is 0 Å². The highest BCUT2D eigenvalue weighted by Gasteiger charge is 2.40. The minimum atomic E-state index is -0.430. The molecule has 1 aliphatic carbocycles. The molecule has 0 radical (unpaired) electrons. The lowest BCUT2D eigenvalue weighted by Crippen LogP contribution is -2.10. The molecule has 1 aromatic carbocycles. The quantitative estimate of drug-likeness (QED) is 0.803. The summed E-state index contributed by atoms with van der Waals surface area (Å²) in [6.45, 7) is 0. The first kappa shape index (κ1) is 10.3. The molecular formula is C11H13ClOS. The van der Waals surface area contributed by atoms with Crippen molar-refractivity contribution in [2.24, 2.45) is 0 Å². The Morgan fingerprint density at radius 3 is 2.71 bits per heavy atom. The molecule has 3 heteroatoms. The van der Waals surface area contributed by atoms with Crippen molar-refractivity contribution in [3.05, 3.63) is 28.8 Å². The fourth-order valence-electron chi connectivity index (χ4n) is 1.54. The van der Waals surface area contributed by atoms with Crippen molar-refractivity contribution >= 4 is 23.4 Å². The van der Waals surface area contributed by atoms with Gasteiger partial charge in [-0.1, -0.05) is 11.6 Å². The van der Waals surface area contributed by atoms with E-state index in [0.717, 1.165) is 34.7 Å². The van der Waals surface area contributed by atoms with Gasteiger partial charge in [0, 0.05) is 16.3 Å². The van der Waals surface area contributed by atoms with E-state index in [1.807, 2.05) is 18.4 Å². The van der Waals surface area contributed by atoms with Crippen LogP contribution in [0.15, 0.2) is 23.1 Å². The molecule has 0 unspecified atom stereocenters. The molecule has 0 atom stereocenters. The average molecular weight is 229 g/mol. The van der Waals surface area contributed by atoms with Crippen molar-refractivity contribution < 1.29 is 5.11 Å². The summed E-state index contributed by atoms with van der Waals surface area (Å²) in [5.74, 6) is 0. The first-order valence-electron chi connectivity index (χ1n) is 4.67. The van der Waals surface area contributed by atoms with Gasteiger partial charge in [0.2, 0.25) is 0 Å². The number of aliphatic hydroxyl groups is 1. The van der Waals surface area contributed by atoms with Crippen molar-refractivity contribution in [2.45, 2.75) is 29.8 Å². The van der Waals surface area contributed by atoms with Crippen LogP contribution in [0.25, 0.3) is 0 Å². The predicted molar refractivity (Wildman–Crippen MR) is 61.1 cm³/mol. The summed E-state index contributed by atoms with van der Waals surface area (Å²) >= 11 is 7.66. The van der Waals surface area contributed by atoms with Crippen molar-refractivity contribution in [1.29, 1.82) is 0 Å². The summed E-state index contributed by atoms with van der Waals surface area (Å²) in [5, 5.41) is 10.5. The van der Waals surface area contributed by atoms with Crippen LogP contribution in [0.5, 0.6) is 0 Å². The highest BCUT2D eigenvalue weighted by atomic mass is 35.5. The average Bonchev–Trinajstić information content (AvgIpc) is 2.82. The van der Waals surface area contributed by atoms with Gasteiger partial charge in [0.15, 0.2) is 0 Å². The van der Waals surface area contributed by atoms with Crippen LogP contribution in [0.1, 0.15) is 18.4 Å². The van der Waals surface area contributed by atoms with E-state index in [4.69, 9.17) is 11.6 Å². The van der Waals surface area contributed by atoms with E-state index in [2.05, 4.69) is 6.07 Å². The van der Waals surface area contributed by atoms with Crippen LogP contribution in [0.4, 0.5) is 0 Å². The van der Waals surface area contributed by atoms with Gasteiger partial charge in [0.05, 0.1) is 5.60 Å². The van der Waals surface area contributed by atoms with Crippen LogP contribution in [0.3, 0.4) is 0 Å². The molecule has 1 N–H and O–H groups in total. The van der Waals surface area contributed by atoms with Gasteiger partial charge in [0.1, 0.15) is 0 Å². The van der Waals surface area contributed by atoms with Gasteiger partial charge < -0.3 is 5.11 Å². The maximum atomic E-state index is 9.79. The van der Waals surface area contributed by atoms with E-state index >= 15 is 0 Å². The van der Waals surface area contributed by atoms with Crippen LogP contribution in [-0.2, 0) is 6.42 Å². The van der Waals surface area contributed by atoms with Crippen molar-refractivity contribution in [1.82, 2.24) is 0 Å². The number of benzene rings is 1. The highest BCUT2D eigenvalue weighted by Crippen LogP contribution is 2.39. The molecule has 0 spiro atoms. The minimum absolute atomic E-state index is 0.430. The molecule has 1 aliphatic rings. The van der Waals surface area contributed by atoms with Gasteiger partial charge in [-0.25, -0.2) is 0 Å². The molecule has 76 valence electrons. The van der Waals surface area contributed by atoms with Gasteiger partial charge in [-0.3, -0.25) is 0 Å². The minimum Gasteiger partial charge on any atom is -0.390 e. The smallest absolute Gasteiger partial charge is 0.0690 e. The maximum absolute atomic E-state index is 9.79. The summed E-state index contributed by atoms with van der Waals surface area (Å²) in [5.41, 5.74) is 0.710. The summed E-state index contributed by atoms with van der Waals surface area (Å²) in [7, 11) is 0. The summed E-state index contributed by atoms with van der Waals surface area (Å²) < 4.78 is 0. The van der Waals surface area contributed by atoms with Gasteiger partial charge in [-0.05, 0) is 42.9 Å². The molecule has 0 saturated heterocycles. The zero-order chi connectivity index (χ0) is 10.2. The lowest BCUT2D eigenvalue weighted by Gasteiger charge is -2.09. The Labute approximate surface area is 93.5 Å². The molecule has 0 aliphatic heterocycles. The van der Waals surface area contributed by atoms with Crippen LogP contribution in [0, 0.1) is 0 Å². The topological polar surface area (TPSA) is 20.2 Å². The molecule has 0 amide bonds. The van der Waals surface area contributed by atoms with E-state index in [-0.39, 0.29) is 0 Å². The van der Waals surface area contributed by atoms with Gasteiger partial charge in [-0.15, -0.1) is 11.8 Å². The second-order valence-corrected chi connectivity index (χ2v) is 5.22. The Kier molecular flexibility index (Phi) is 2.78. The molecule has 1 fully saturated rings. The third kappa shape index (κ3) is 2.44. The predicted octanol–water partition coefficient (Wildman–Crippen LogP) is 3.13. The van der Waals surface area contributed by atoms with E-state index in [9.17, 15) is 5.11 Å². The summed E-state index contributed by atoms with van der Waals surface area (Å²) in [4.78, 5) is 1.16. The molecule has 1 aromatic rings. The summed E-state index contributed by atoms with van der Waals surface area (Å²) in [6.07, 6.45) is 4.62. The van der Waals surface area contributed by atoms with Crippen molar-refractivity contribution in [3.63, 3.8) is 0 Å². The largest absolute Gasteiger partial charge is 0.390 e. The molecule has 14 heavy (non-hydrogen) atoms. The van der Waals surface area contributed by atoms with E-state index in [1.54, 1.807) is 11.8 Å². The first-order chi connectivity index (χ1) is 6.61. The monoisotopic (exact) mass is 228 g/mol. The zero-order valence-corrected chi connectivity index (χ0v) is 9.66. The van der Waals surface area contributed by atoms with Crippen LogP contribution >= 0.6 is 23.4 Å². The second-order valence-electron chi connectivity index (χ2n) is 3.90. The Hall–Kier alpha value is -0.180. The number of thioether (sulfide) groups is 1. The normalized spacial score (nSPS) is 18.2. The Morgan fingerprint density at radius 1 is 1.43 bits per heavy atom. The third-order valence-electron chi connectivity index (χ3n) is 2.53. The fraction of sp³-hybridized carbons (Fsp3) is 0.455. The first-order valence-corrected chi connectivity index (χ1v) is 6.27. The fourth-order valence-corrected chi connectivity index (χ4v) is 2.38. The maximum Gasteiger partial charge on any atom is 0.0690 e. The molecule has 2 rings (SSSR count). The van der Waals surface area contributed by atoms with E-state index < -0.39 is 5.60 Å². The molecular weight excluding hydrogens is 216 g/mol.